The SMILES string of the molecule is CCOc1ccccc1N1CCN(C(=O)C(C)C)CC1. The number of para-hydroxylation sites is 2. The van der Waals surface area contributed by atoms with Gasteiger partial charge >= 0.3 is 0 Å². The van der Waals surface area contributed by atoms with Crippen molar-refractivity contribution < 1.29 is 9.53 Å². The number of carbonyl (C=O) groups excluding carboxylic acids is 1. The van der Waals surface area contributed by atoms with E-state index in [0.29, 0.717) is 6.61 Å². The third kappa shape index (κ3) is 3.24. The lowest BCUT2D eigenvalue weighted by Gasteiger charge is -2.37. The second-order valence-electron chi connectivity index (χ2n) is 5.37. The second-order valence-corrected chi connectivity index (χ2v) is 5.37. The summed E-state index contributed by atoms with van der Waals surface area (Å²) in [6, 6.07) is 8.12. The molecule has 1 aromatic rings. The largest absolute Gasteiger partial charge is 0.492 e. The zero-order chi connectivity index (χ0) is 14.5. The van der Waals surface area contributed by atoms with Gasteiger partial charge in [0.1, 0.15) is 5.75 Å². The van der Waals surface area contributed by atoms with Gasteiger partial charge in [-0.1, -0.05) is 26.0 Å². The summed E-state index contributed by atoms with van der Waals surface area (Å²) in [5.74, 6) is 1.26. The van der Waals surface area contributed by atoms with Gasteiger partial charge in [-0.3, -0.25) is 4.79 Å². The molecule has 20 heavy (non-hydrogen) atoms. The summed E-state index contributed by atoms with van der Waals surface area (Å²) in [7, 11) is 0. The highest BCUT2D eigenvalue weighted by Crippen LogP contribution is 2.28. The van der Waals surface area contributed by atoms with E-state index in [4.69, 9.17) is 4.74 Å². The van der Waals surface area contributed by atoms with Gasteiger partial charge in [0.25, 0.3) is 0 Å². The Kier molecular flexibility index (Phi) is 4.88. The highest BCUT2D eigenvalue weighted by atomic mass is 16.5. The lowest BCUT2D eigenvalue weighted by molar-refractivity contribution is -0.134. The van der Waals surface area contributed by atoms with Crippen LogP contribution in [0.2, 0.25) is 0 Å². The van der Waals surface area contributed by atoms with Crippen molar-refractivity contribution in [1.29, 1.82) is 0 Å². The van der Waals surface area contributed by atoms with Crippen molar-refractivity contribution in [1.82, 2.24) is 4.90 Å². The summed E-state index contributed by atoms with van der Waals surface area (Å²) in [5.41, 5.74) is 1.13. The molecule has 0 radical (unpaired) electrons. The minimum Gasteiger partial charge on any atom is -0.492 e. The number of benzene rings is 1. The van der Waals surface area contributed by atoms with E-state index in [1.807, 2.05) is 43.9 Å². The monoisotopic (exact) mass is 276 g/mol. The van der Waals surface area contributed by atoms with Gasteiger partial charge < -0.3 is 14.5 Å². The van der Waals surface area contributed by atoms with E-state index >= 15 is 0 Å². The third-order valence-electron chi connectivity index (χ3n) is 3.59. The highest BCUT2D eigenvalue weighted by Gasteiger charge is 2.24. The molecule has 0 spiro atoms. The third-order valence-corrected chi connectivity index (χ3v) is 3.59. The number of rotatable bonds is 4. The number of hydrogen-bond acceptors (Lipinski definition) is 3. The van der Waals surface area contributed by atoms with Crippen LogP contribution in [-0.4, -0.2) is 43.6 Å². The smallest absolute Gasteiger partial charge is 0.225 e. The summed E-state index contributed by atoms with van der Waals surface area (Å²) in [4.78, 5) is 16.3. The van der Waals surface area contributed by atoms with Crippen LogP contribution in [0.4, 0.5) is 5.69 Å². The molecule has 1 heterocycles. The quantitative estimate of drug-likeness (QED) is 0.846. The molecular weight excluding hydrogens is 252 g/mol. The average Bonchev–Trinajstić information content (AvgIpc) is 2.47. The van der Waals surface area contributed by atoms with Crippen molar-refractivity contribution >= 4 is 11.6 Å². The number of ether oxygens (including phenoxy) is 1. The second kappa shape index (κ2) is 6.64. The summed E-state index contributed by atoms with van der Waals surface area (Å²) in [6.07, 6.45) is 0. The fourth-order valence-electron chi connectivity index (χ4n) is 2.53. The minimum absolute atomic E-state index is 0.0808. The van der Waals surface area contributed by atoms with Gasteiger partial charge in [-0.05, 0) is 19.1 Å². The van der Waals surface area contributed by atoms with E-state index in [-0.39, 0.29) is 11.8 Å². The normalized spacial score (nSPS) is 15.6. The van der Waals surface area contributed by atoms with Crippen LogP contribution in [0.3, 0.4) is 0 Å². The number of hydrogen-bond donors (Lipinski definition) is 0. The van der Waals surface area contributed by atoms with Crippen molar-refractivity contribution in [3.05, 3.63) is 24.3 Å². The Morgan fingerprint density at radius 1 is 1.20 bits per heavy atom. The molecule has 1 fully saturated rings. The van der Waals surface area contributed by atoms with E-state index in [1.165, 1.54) is 0 Å². The van der Waals surface area contributed by atoms with E-state index in [1.54, 1.807) is 0 Å². The molecule has 1 amide bonds. The molecule has 0 N–H and O–H groups in total. The first-order chi connectivity index (χ1) is 9.63. The van der Waals surface area contributed by atoms with Crippen LogP contribution in [0, 0.1) is 5.92 Å². The lowest BCUT2D eigenvalue weighted by atomic mass is 10.1. The Bertz CT molecular complexity index is 452. The Labute approximate surface area is 121 Å². The first-order valence-electron chi connectivity index (χ1n) is 7.39. The van der Waals surface area contributed by atoms with E-state index in [2.05, 4.69) is 11.0 Å². The molecule has 0 atom stereocenters. The van der Waals surface area contributed by atoms with Gasteiger partial charge in [-0.2, -0.15) is 0 Å². The minimum atomic E-state index is 0.0808. The van der Waals surface area contributed by atoms with Crippen molar-refractivity contribution in [3.8, 4) is 5.75 Å². The molecule has 4 nitrogen and oxygen atoms in total. The molecule has 0 aliphatic carbocycles. The Hall–Kier alpha value is -1.71. The number of anilines is 1. The molecule has 1 aliphatic rings. The maximum atomic E-state index is 12.0. The van der Waals surface area contributed by atoms with Crippen molar-refractivity contribution in [3.63, 3.8) is 0 Å². The maximum absolute atomic E-state index is 12.0. The zero-order valence-electron chi connectivity index (χ0n) is 12.6. The van der Waals surface area contributed by atoms with Gasteiger partial charge in [0, 0.05) is 32.1 Å². The van der Waals surface area contributed by atoms with E-state index in [0.717, 1.165) is 37.6 Å². The van der Waals surface area contributed by atoms with Gasteiger partial charge in [0.05, 0.1) is 12.3 Å². The van der Waals surface area contributed by atoms with Crippen LogP contribution < -0.4 is 9.64 Å². The molecule has 0 aromatic heterocycles. The van der Waals surface area contributed by atoms with Crippen LogP contribution in [0.15, 0.2) is 24.3 Å². The number of carbonyl (C=O) groups is 1. The molecule has 0 bridgehead atoms. The number of amides is 1. The Morgan fingerprint density at radius 2 is 1.85 bits per heavy atom. The molecular formula is C16H24N2O2. The summed E-state index contributed by atoms with van der Waals surface area (Å²) in [6.45, 7) is 9.89. The van der Waals surface area contributed by atoms with Gasteiger partial charge in [-0.15, -0.1) is 0 Å². The van der Waals surface area contributed by atoms with Crippen molar-refractivity contribution in [2.24, 2.45) is 5.92 Å². The predicted molar refractivity (Wildman–Crippen MR) is 81.2 cm³/mol. The first kappa shape index (κ1) is 14.7. The molecule has 1 aromatic carbocycles. The van der Waals surface area contributed by atoms with Gasteiger partial charge in [0.15, 0.2) is 0 Å². The van der Waals surface area contributed by atoms with Gasteiger partial charge in [-0.25, -0.2) is 0 Å². The maximum Gasteiger partial charge on any atom is 0.225 e. The standard InChI is InChI=1S/C16H24N2O2/c1-4-20-15-8-6-5-7-14(15)17-9-11-18(12-10-17)16(19)13(2)3/h5-8,13H,4,9-12H2,1-3H3. The van der Waals surface area contributed by atoms with E-state index < -0.39 is 0 Å². The van der Waals surface area contributed by atoms with Crippen molar-refractivity contribution in [2.75, 3.05) is 37.7 Å². The van der Waals surface area contributed by atoms with Crippen LogP contribution >= 0.6 is 0 Å². The molecule has 2 rings (SSSR count). The summed E-state index contributed by atoms with van der Waals surface area (Å²) < 4.78 is 5.68. The highest BCUT2D eigenvalue weighted by molar-refractivity contribution is 5.78. The number of nitrogens with zero attached hydrogens (tertiary/aromatic N) is 2. The van der Waals surface area contributed by atoms with Gasteiger partial charge in [0.2, 0.25) is 5.91 Å². The molecule has 4 heteroatoms. The molecule has 0 unspecified atom stereocenters. The Morgan fingerprint density at radius 3 is 2.45 bits per heavy atom. The summed E-state index contributed by atoms with van der Waals surface area (Å²) >= 11 is 0. The van der Waals surface area contributed by atoms with Crippen LogP contribution in [-0.2, 0) is 4.79 Å². The fraction of sp³-hybridized carbons (Fsp3) is 0.562. The molecule has 1 aliphatic heterocycles. The van der Waals surface area contributed by atoms with Crippen molar-refractivity contribution in [2.45, 2.75) is 20.8 Å². The Balaban J connectivity index is 2.02. The molecule has 110 valence electrons. The predicted octanol–water partition coefficient (Wildman–Crippen LogP) is 2.39. The first-order valence-corrected chi connectivity index (χ1v) is 7.39. The zero-order valence-corrected chi connectivity index (χ0v) is 12.6. The number of piperazine rings is 1. The van der Waals surface area contributed by atoms with Crippen LogP contribution in [0.25, 0.3) is 0 Å². The lowest BCUT2D eigenvalue weighted by Crippen LogP contribution is -2.50. The summed E-state index contributed by atoms with van der Waals surface area (Å²) in [5, 5.41) is 0. The average molecular weight is 276 g/mol. The van der Waals surface area contributed by atoms with Crippen LogP contribution in [0.1, 0.15) is 20.8 Å². The topological polar surface area (TPSA) is 32.8 Å². The molecule has 1 saturated heterocycles. The molecule has 0 saturated carbocycles. The van der Waals surface area contributed by atoms with Crippen LogP contribution in [0.5, 0.6) is 5.75 Å². The fourth-order valence-corrected chi connectivity index (χ4v) is 2.53. The van der Waals surface area contributed by atoms with E-state index in [9.17, 15) is 4.79 Å².